The van der Waals surface area contributed by atoms with E-state index in [-0.39, 0.29) is 5.91 Å². The summed E-state index contributed by atoms with van der Waals surface area (Å²) < 4.78 is 0. The average Bonchev–Trinajstić information content (AvgIpc) is 3.44. The molecule has 4 rings (SSSR count). The van der Waals surface area contributed by atoms with Crippen molar-refractivity contribution in [3.63, 3.8) is 0 Å². The van der Waals surface area contributed by atoms with Crippen LogP contribution in [0.15, 0.2) is 60.0 Å². The Kier molecular flexibility index (Phi) is 6.95. The molecule has 2 heterocycles. The predicted octanol–water partition coefficient (Wildman–Crippen LogP) is 8.15. The van der Waals surface area contributed by atoms with Gasteiger partial charge in [0.2, 0.25) is 0 Å². The highest BCUT2D eigenvalue weighted by Gasteiger charge is 2.19. The summed E-state index contributed by atoms with van der Waals surface area (Å²) >= 11 is 20.9. The molecule has 0 radical (unpaired) electrons. The van der Waals surface area contributed by atoms with Gasteiger partial charge < -0.3 is 5.32 Å². The first kappa shape index (κ1) is 22.5. The zero-order chi connectivity index (χ0) is 22.7. The Morgan fingerprint density at radius 3 is 2.47 bits per heavy atom. The van der Waals surface area contributed by atoms with Crippen LogP contribution in [-0.2, 0) is 0 Å². The van der Waals surface area contributed by atoms with Crippen molar-refractivity contribution >= 4 is 80.0 Å². The summed E-state index contributed by atoms with van der Waals surface area (Å²) in [5.74, 6) is -0.294. The van der Waals surface area contributed by atoms with Gasteiger partial charge in [0.05, 0.1) is 10.5 Å². The van der Waals surface area contributed by atoms with Crippen LogP contribution in [-0.4, -0.2) is 10.9 Å². The Morgan fingerprint density at radius 2 is 1.81 bits per heavy atom. The number of aromatic nitrogens is 1. The van der Waals surface area contributed by atoms with Crippen LogP contribution in [0.25, 0.3) is 22.2 Å². The number of thiazole rings is 1. The maximum atomic E-state index is 12.8. The first-order valence-electron chi connectivity index (χ1n) is 9.13. The summed E-state index contributed by atoms with van der Waals surface area (Å²) in [4.78, 5) is 18.3. The summed E-state index contributed by atoms with van der Waals surface area (Å²) in [6.45, 7) is 0. The number of hydrogen-bond acceptors (Lipinski definition) is 5. The molecule has 4 aromatic rings. The van der Waals surface area contributed by atoms with Crippen molar-refractivity contribution < 1.29 is 4.79 Å². The molecule has 1 amide bonds. The minimum Gasteiger partial charge on any atom is -0.312 e. The van der Waals surface area contributed by atoms with Gasteiger partial charge in [0.1, 0.15) is 21.8 Å². The number of nitrogens with one attached hydrogen (secondary N) is 1. The molecule has 0 spiro atoms. The fourth-order valence-electron chi connectivity index (χ4n) is 2.79. The third kappa shape index (κ3) is 5.04. The topological polar surface area (TPSA) is 65.8 Å². The van der Waals surface area contributed by atoms with Gasteiger partial charge in [-0.1, -0.05) is 58.3 Å². The number of carbonyl (C=O) groups is 1. The first-order chi connectivity index (χ1) is 15.4. The van der Waals surface area contributed by atoms with Crippen molar-refractivity contribution in [3.8, 4) is 16.6 Å². The van der Waals surface area contributed by atoms with Crippen LogP contribution in [0.5, 0.6) is 0 Å². The number of thiophene rings is 1. The molecule has 0 aliphatic rings. The van der Waals surface area contributed by atoms with Gasteiger partial charge in [-0.05, 0) is 59.5 Å². The number of halogens is 3. The summed E-state index contributed by atoms with van der Waals surface area (Å²) in [6, 6.07) is 17.6. The van der Waals surface area contributed by atoms with Crippen molar-refractivity contribution in [2.24, 2.45) is 0 Å². The van der Waals surface area contributed by atoms with E-state index >= 15 is 0 Å². The number of amides is 1. The highest BCUT2D eigenvalue weighted by molar-refractivity contribution is 7.19. The number of nitrogens with zero attached hydrogens (tertiary/aromatic N) is 2. The molecular weight excluding hydrogens is 505 g/mol. The molecule has 158 valence electrons. The number of carbonyl (C=O) groups excluding carboxylic acids is 1. The van der Waals surface area contributed by atoms with Gasteiger partial charge in [0.15, 0.2) is 0 Å². The highest BCUT2D eigenvalue weighted by atomic mass is 35.5. The van der Waals surface area contributed by atoms with E-state index in [9.17, 15) is 10.1 Å². The Balaban J connectivity index is 1.73. The van der Waals surface area contributed by atoms with Crippen LogP contribution >= 0.6 is 57.5 Å². The standard InChI is InChI=1S/C23H12Cl3N3OS2/c24-16-6-3-13(4-7-16)21(30)29-23-20(19-2-1-9-31-19)28-22(32-23)15(12-27)10-14-5-8-17(25)11-18(14)26/h1-11H,(H,29,30). The Labute approximate surface area is 207 Å². The second-order valence-electron chi connectivity index (χ2n) is 6.47. The van der Waals surface area contributed by atoms with Gasteiger partial charge in [-0.3, -0.25) is 4.79 Å². The number of anilines is 1. The molecular formula is C23H12Cl3N3OS2. The molecule has 0 unspecified atom stereocenters. The first-order valence-corrected chi connectivity index (χ1v) is 12.0. The van der Waals surface area contributed by atoms with Crippen molar-refractivity contribution in [2.75, 3.05) is 5.32 Å². The minimum absolute atomic E-state index is 0.294. The molecule has 0 aliphatic carbocycles. The van der Waals surface area contributed by atoms with E-state index in [1.165, 1.54) is 22.7 Å². The molecule has 1 N–H and O–H groups in total. The third-order valence-electron chi connectivity index (χ3n) is 4.33. The van der Waals surface area contributed by atoms with Crippen molar-refractivity contribution in [3.05, 3.63) is 91.2 Å². The monoisotopic (exact) mass is 515 g/mol. The number of allylic oxidation sites excluding steroid dienone is 1. The fourth-order valence-corrected chi connectivity index (χ4v) is 5.11. The van der Waals surface area contributed by atoms with Crippen molar-refractivity contribution in [2.45, 2.75) is 0 Å². The van der Waals surface area contributed by atoms with Crippen molar-refractivity contribution in [1.29, 1.82) is 5.26 Å². The third-order valence-corrected chi connectivity index (χ3v) is 7.02. The lowest BCUT2D eigenvalue weighted by atomic mass is 10.1. The van der Waals surface area contributed by atoms with E-state index in [0.29, 0.717) is 47.5 Å². The van der Waals surface area contributed by atoms with Crippen LogP contribution in [0, 0.1) is 11.3 Å². The van der Waals surface area contributed by atoms with Crippen LogP contribution in [0.1, 0.15) is 20.9 Å². The summed E-state index contributed by atoms with van der Waals surface area (Å²) in [6.07, 6.45) is 1.65. The second-order valence-corrected chi connectivity index (χ2v) is 9.70. The molecule has 0 bridgehead atoms. The molecule has 4 nitrogen and oxygen atoms in total. The SMILES string of the molecule is N#CC(=Cc1ccc(Cl)cc1Cl)c1nc(-c2cccs2)c(NC(=O)c2ccc(Cl)cc2)s1. The molecule has 2 aromatic heterocycles. The summed E-state index contributed by atoms with van der Waals surface area (Å²) in [5, 5.41) is 17.1. The molecule has 0 atom stereocenters. The zero-order valence-electron chi connectivity index (χ0n) is 16.1. The molecule has 0 aliphatic heterocycles. The molecule has 0 saturated heterocycles. The van der Waals surface area contributed by atoms with E-state index in [0.717, 1.165) is 4.88 Å². The van der Waals surface area contributed by atoms with Gasteiger partial charge in [-0.2, -0.15) is 5.26 Å². The van der Waals surface area contributed by atoms with Crippen LogP contribution in [0.4, 0.5) is 5.00 Å². The Bertz CT molecular complexity index is 1350. The van der Waals surface area contributed by atoms with Gasteiger partial charge >= 0.3 is 0 Å². The fraction of sp³-hybridized carbons (Fsp3) is 0. The lowest BCUT2D eigenvalue weighted by Crippen LogP contribution is -2.11. The van der Waals surface area contributed by atoms with E-state index in [2.05, 4.69) is 16.4 Å². The van der Waals surface area contributed by atoms with Gasteiger partial charge in [-0.15, -0.1) is 11.3 Å². The number of benzene rings is 2. The van der Waals surface area contributed by atoms with Crippen LogP contribution in [0.2, 0.25) is 15.1 Å². The lowest BCUT2D eigenvalue weighted by molar-refractivity contribution is 0.102. The van der Waals surface area contributed by atoms with Crippen LogP contribution in [0.3, 0.4) is 0 Å². The average molecular weight is 517 g/mol. The molecule has 0 saturated carbocycles. The molecule has 32 heavy (non-hydrogen) atoms. The Morgan fingerprint density at radius 1 is 1.06 bits per heavy atom. The van der Waals surface area contributed by atoms with Gasteiger partial charge in [-0.25, -0.2) is 4.98 Å². The number of hydrogen-bond donors (Lipinski definition) is 1. The maximum Gasteiger partial charge on any atom is 0.256 e. The largest absolute Gasteiger partial charge is 0.312 e. The second kappa shape index (κ2) is 9.86. The number of nitriles is 1. The predicted molar refractivity (Wildman–Crippen MR) is 135 cm³/mol. The summed E-state index contributed by atoms with van der Waals surface area (Å²) in [5.41, 5.74) is 2.03. The quantitative estimate of drug-likeness (QED) is 0.272. The minimum atomic E-state index is -0.294. The number of rotatable bonds is 5. The zero-order valence-corrected chi connectivity index (χ0v) is 20.0. The summed E-state index contributed by atoms with van der Waals surface area (Å²) in [7, 11) is 0. The smallest absolute Gasteiger partial charge is 0.256 e. The normalized spacial score (nSPS) is 11.2. The molecule has 9 heteroatoms. The van der Waals surface area contributed by atoms with Crippen LogP contribution < -0.4 is 5.32 Å². The molecule has 2 aromatic carbocycles. The van der Waals surface area contributed by atoms with E-state index in [1.54, 1.807) is 48.5 Å². The molecule has 0 fully saturated rings. The van der Waals surface area contributed by atoms with E-state index in [1.807, 2.05) is 17.5 Å². The lowest BCUT2D eigenvalue weighted by Gasteiger charge is -2.04. The van der Waals surface area contributed by atoms with E-state index in [4.69, 9.17) is 34.8 Å². The maximum absolute atomic E-state index is 12.8. The Hall–Kier alpha value is -2.66. The van der Waals surface area contributed by atoms with Gasteiger partial charge in [0, 0.05) is 20.6 Å². The van der Waals surface area contributed by atoms with Gasteiger partial charge in [0.25, 0.3) is 5.91 Å². The van der Waals surface area contributed by atoms with E-state index < -0.39 is 0 Å². The highest BCUT2D eigenvalue weighted by Crippen LogP contribution is 2.39. The van der Waals surface area contributed by atoms with Crippen molar-refractivity contribution in [1.82, 2.24) is 4.98 Å².